The fraction of sp³-hybridized carbons (Fsp3) is 0.182. The molecule has 1 atom stereocenters. The summed E-state index contributed by atoms with van der Waals surface area (Å²) in [6.45, 7) is 1.75. The van der Waals surface area contributed by atoms with Crippen LogP contribution in [0.2, 0.25) is 0 Å². The van der Waals surface area contributed by atoms with Crippen LogP contribution in [0.4, 0.5) is 0 Å². The van der Waals surface area contributed by atoms with Crippen LogP contribution >= 0.6 is 31.9 Å². The van der Waals surface area contributed by atoms with E-state index >= 15 is 0 Å². The summed E-state index contributed by atoms with van der Waals surface area (Å²) in [5.74, 6) is 2.25. The smallest absolute Gasteiger partial charge is 0.254 e. The lowest BCUT2D eigenvalue weighted by atomic mass is 10.2. The summed E-state index contributed by atoms with van der Waals surface area (Å²) in [5.41, 5.74) is 0.555. The maximum atomic E-state index is 11.8. The highest BCUT2D eigenvalue weighted by Gasteiger charge is 2.14. The number of carbonyl (C=O) groups excluding carboxylic acids is 1. The minimum absolute atomic E-state index is 0.195. The normalized spacial score (nSPS) is 11.6. The van der Waals surface area contributed by atoms with Gasteiger partial charge < -0.3 is 5.32 Å². The van der Waals surface area contributed by atoms with Crippen LogP contribution in [0.25, 0.3) is 0 Å². The largest absolute Gasteiger partial charge is 0.339 e. The fourth-order valence-corrected chi connectivity index (χ4v) is 2.38. The molecule has 0 unspecified atom stereocenters. The van der Waals surface area contributed by atoms with Crippen molar-refractivity contribution in [1.29, 1.82) is 0 Å². The lowest BCUT2D eigenvalue weighted by molar-refractivity contribution is 0.0946. The monoisotopic (exact) mass is 329 g/mol. The summed E-state index contributed by atoms with van der Waals surface area (Å²) in [6.07, 6.45) is 5.19. The molecule has 15 heavy (non-hydrogen) atoms. The van der Waals surface area contributed by atoms with Gasteiger partial charge in [0.15, 0.2) is 0 Å². The zero-order valence-electron chi connectivity index (χ0n) is 8.05. The zero-order valence-corrected chi connectivity index (χ0v) is 11.2. The first-order chi connectivity index (χ1) is 7.06. The van der Waals surface area contributed by atoms with Gasteiger partial charge in [0.1, 0.15) is 0 Å². The Kier molecular flexibility index (Phi) is 4.37. The van der Waals surface area contributed by atoms with Crippen molar-refractivity contribution < 1.29 is 4.79 Å². The summed E-state index contributed by atoms with van der Waals surface area (Å²) in [6, 6.07) is 5.17. The molecular weight excluding hydrogens is 322 g/mol. The second-order valence-corrected chi connectivity index (χ2v) is 4.67. The topological polar surface area (TPSA) is 29.1 Å². The van der Waals surface area contributed by atoms with Crippen LogP contribution in [0.1, 0.15) is 17.3 Å². The Morgan fingerprint density at radius 3 is 2.47 bits per heavy atom. The van der Waals surface area contributed by atoms with E-state index < -0.39 is 0 Å². The molecule has 0 saturated carbocycles. The van der Waals surface area contributed by atoms with Gasteiger partial charge in [-0.15, -0.1) is 6.42 Å². The third kappa shape index (κ3) is 3.08. The van der Waals surface area contributed by atoms with Crippen molar-refractivity contribution in [3.05, 3.63) is 32.7 Å². The Labute approximate surface area is 106 Å². The van der Waals surface area contributed by atoms with Crippen molar-refractivity contribution in [3.63, 3.8) is 0 Å². The van der Waals surface area contributed by atoms with Crippen molar-refractivity contribution in [2.75, 3.05) is 0 Å². The molecule has 0 saturated heterocycles. The SMILES string of the molecule is C#C[C@H](C)NC(=O)c1c(Br)cccc1Br. The van der Waals surface area contributed by atoms with Gasteiger partial charge in [-0.2, -0.15) is 0 Å². The first-order valence-electron chi connectivity index (χ1n) is 4.27. The molecule has 0 radical (unpaired) electrons. The predicted octanol–water partition coefficient (Wildman–Crippen LogP) is 2.96. The lowest BCUT2D eigenvalue weighted by Crippen LogP contribution is -2.31. The molecule has 0 spiro atoms. The van der Waals surface area contributed by atoms with Gasteiger partial charge in [0.25, 0.3) is 5.91 Å². The molecule has 1 aromatic carbocycles. The van der Waals surface area contributed by atoms with E-state index in [-0.39, 0.29) is 11.9 Å². The Balaban J connectivity index is 2.97. The van der Waals surface area contributed by atoms with Crippen LogP contribution in [-0.2, 0) is 0 Å². The van der Waals surface area contributed by atoms with Crippen LogP contribution in [0.3, 0.4) is 0 Å². The molecule has 1 amide bonds. The number of hydrogen-bond donors (Lipinski definition) is 1. The third-order valence-corrected chi connectivity index (χ3v) is 3.11. The molecule has 0 aromatic heterocycles. The van der Waals surface area contributed by atoms with E-state index in [9.17, 15) is 4.79 Å². The maximum absolute atomic E-state index is 11.8. The van der Waals surface area contributed by atoms with Crippen LogP contribution in [0, 0.1) is 12.3 Å². The highest BCUT2D eigenvalue weighted by atomic mass is 79.9. The number of hydrogen-bond acceptors (Lipinski definition) is 1. The van der Waals surface area contributed by atoms with E-state index in [0.717, 1.165) is 8.95 Å². The molecule has 0 aliphatic carbocycles. The van der Waals surface area contributed by atoms with Gasteiger partial charge in [-0.1, -0.05) is 12.0 Å². The van der Waals surface area contributed by atoms with Gasteiger partial charge >= 0.3 is 0 Å². The summed E-state index contributed by atoms with van der Waals surface area (Å²) in [4.78, 5) is 11.8. The van der Waals surface area contributed by atoms with Crippen molar-refractivity contribution >= 4 is 37.8 Å². The van der Waals surface area contributed by atoms with Gasteiger partial charge in [0.05, 0.1) is 11.6 Å². The molecule has 1 rings (SSSR count). The van der Waals surface area contributed by atoms with E-state index in [1.165, 1.54) is 0 Å². The average molecular weight is 331 g/mol. The predicted molar refractivity (Wildman–Crippen MR) is 67.6 cm³/mol. The van der Waals surface area contributed by atoms with Crippen LogP contribution in [0.15, 0.2) is 27.1 Å². The molecule has 78 valence electrons. The zero-order chi connectivity index (χ0) is 11.4. The van der Waals surface area contributed by atoms with Crippen molar-refractivity contribution in [2.45, 2.75) is 13.0 Å². The number of rotatable bonds is 2. The van der Waals surface area contributed by atoms with E-state index in [0.29, 0.717) is 5.56 Å². The molecule has 1 N–H and O–H groups in total. The average Bonchev–Trinajstić information content (AvgIpc) is 2.17. The Hall–Kier alpha value is -0.790. The van der Waals surface area contributed by atoms with E-state index in [4.69, 9.17) is 6.42 Å². The molecule has 0 bridgehead atoms. The Bertz CT molecular complexity index is 403. The van der Waals surface area contributed by atoms with Crippen LogP contribution in [-0.4, -0.2) is 11.9 Å². The highest BCUT2D eigenvalue weighted by Crippen LogP contribution is 2.24. The van der Waals surface area contributed by atoms with Crippen molar-refractivity contribution in [2.24, 2.45) is 0 Å². The number of benzene rings is 1. The fourth-order valence-electron chi connectivity index (χ4n) is 1.03. The molecule has 0 fully saturated rings. The van der Waals surface area contributed by atoms with Gasteiger partial charge in [-0.05, 0) is 50.9 Å². The number of halogens is 2. The Morgan fingerprint density at radius 2 is 2.00 bits per heavy atom. The number of terminal acetylenes is 1. The first kappa shape index (κ1) is 12.3. The first-order valence-corrected chi connectivity index (χ1v) is 5.86. The summed E-state index contributed by atoms with van der Waals surface area (Å²) < 4.78 is 1.47. The highest BCUT2D eigenvalue weighted by molar-refractivity contribution is 9.11. The van der Waals surface area contributed by atoms with E-state index in [1.54, 1.807) is 19.1 Å². The number of carbonyl (C=O) groups is 1. The van der Waals surface area contributed by atoms with Gasteiger partial charge in [-0.25, -0.2) is 0 Å². The molecule has 0 aliphatic rings. The molecule has 4 heteroatoms. The van der Waals surface area contributed by atoms with Gasteiger partial charge in [0.2, 0.25) is 0 Å². The molecule has 2 nitrogen and oxygen atoms in total. The van der Waals surface area contributed by atoms with E-state index in [2.05, 4.69) is 43.1 Å². The van der Waals surface area contributed by atoms with Crippen LogP contribution in [0.5, 0.6) is 0 Å². The molecule has 1 aromatic rings. The minimum atomic E-state index is -0.281. The molecule has 0 heterocycles. The quantitative estimate of drug-likeness (QED) is 0.830. The standard InChI is InChI=1S/C11H9Br2NO/c1-3-7(2)14-11(15)10-8(12)5-4-6-9(10)13/h1,4-7H,2H3,(H,14,15)/t7-/m0/s1. The summed E-state index contributed by atoms with van der Waals surface area (Å²) in [5, 5.41) is 2.69. The minimum Gasteiger partial charge on any atom is -0.339 e. The lowest BCUT2D eigenvalue weighted by Gasteiger charge is -2.10. The molecule has 0 aliphatic heterocycles. The van der Waals surface area contributed by atoms with Gasteiger partial charge in [-0.3, -0.25) is 4.79 Å². The van der Waals surface area contributed by atoms with Crippen LogP contribution < -0.4 is 5.32 Å². The van der Waals surface area contributed by atoms with E-state index in [1.807, 2.05) is 6.07 Å². The Morgan fingerprint density at radius 1 is 1.47 bits per heavy atom. The molecular formula is C11H9Br2NO. The number of nitrogens with one attached hydrogen (secondary N) is 1. The summed E-state index contributed by atoms with van der Waals surface area (Å²) >= 11 is 6.63. The maximum Gasteiger partial charge on any atom is 0.254 e. The third-order valence-electron chi connectivity index (χ3n) is 1.79. The van der Waals surface area contributed by atoms with Crippen molar-refractivity contribution in [1.82, 2.24) is 5.32 Å². The van der Waals surface area contributed by atoms with Gasteiger partial charge in [0, 0.05) is 8.95 Å². The summed E-state index contributed by atoms with van der Waals surface area (Å²) in [7, 11) is 0. The second-order valence-electron chi connectivity index (χ2n) is 2.96. The second kappa shape index (κ2) is 5.34. The van der Waals surface area contributed by atoms with Crippen molar-refractivity contribution in [3.8, 4) is 12.3 Å². The number of amides is 1.